The summed E-state index contributed by atoms with van der Waals surface area (Å²) in [6.07, 6.45) is 0. The van der Waals surface area contributed by atoms with E-state index in [-0.39, 0.29) is 29.5 Å². The van der Waals surface area contributed by atoms with Crippen molar-refractivity contribution in [3.8, 4) is 6.07 Å². The second kappa shape index (κ2) is 10.6. The lowest BCUT2D eigenvalue weighted by Crippen LogP contribution is -2.47. The third-order valence-corrected chi connectivity index (χ3v) is 7.09. The molecular formula is C23H26N4O5S. The summed E-state index contributed by atoms with van der Waals surface area (Å²) in [5, 5.41) is 14.4. The van der Waals surface area contributed by atoms with Crippen LogP contribution in [-0.4, -0.2) is 56.9 Å². The SMILES string of the molecule is CC(C)[C@@H](NC(=O)c1cccc(S(=O)(=O)N2CCOCC2)c1)C(=O)Nc1cccc(C#N)c1. The van der Waals surface area contributed by atoms with Gasteiger partial charge in [0.15, 0.2) is 0 Å². The van der Waals surface area contributed by atoms with Crippen molar-refractivity contribution in [3.05, 3.63) is 59.7 Å². The molecule has 2 amide bonds. The summed E-state index contributed by atoms with van der Waals surface area (Å²) < 4.78 is 32.4. The number of carbonyl (C=O) groups excluding carboxylic acids is 2. The Labute approximate surface area is 193 Å². The average Bonchev–Trinajstić information content (AvgIpc) is 2.82. The van der Waals surface area contributed by atoms with Gasteiger partial charge in [-0.05, 0) is 42.3 Å². The molecule has 0 bridgehead atoms. The lowest BCUT2D eigenvalue weighted by Gasteiger charge is -2.26. The Morgan fingerprint density at radius 1 is 1.09 bits per heavy atom. The van der Waals surface area contributed by atoms with Gasteiger partial charge < -0.3 is 15.4 Å². The fraction of sp³-hybridized carbons (Fsp3) is 0.348. The fourth-order valence-electron chi connectivity index (χ4n) is 3.38. The van der Waals surface area contributed by atoms with E-state index >= 15 is 0 Å². The van der Waals surface area contributed by atoms with Crippen molar-refractivity contribution in [2.24, 2.45) is 5.92 Å². The predicted octanol–water partition coefficient (Wildman–Crippen LogP) is 1.97. The number of nitrogens with one attached hydrogen (secondary N) is 2. The largest absolute Gasteiger partial charge is 0.379 e. The first-order chi connectivity index (χ1) is 15.7. The van der Waals surface area contributed by atoms with Crippen LogP contribution in [0.4, 0.5) is 5.69 Å². The molecule has 2 aromatic carbocycles. The number of nitriles is 1. The molecule has 1 fully saturated rings. The Balaban J connectivity index is 1.76. The molecule has 10 heteroatoms. The molecule has 0 radical (unpaired) electrons. The number of nitrogens with zero attached hydrogens (tertiary/aromatic N) is 2. The Kier molecular flexibility index (Phi) is 7.81. The van der Waals surface area contributed by atoms with Crippen LogP contribution in [0.2, 0.25) is 0 Å². The van der Waals surface area contributed by atoms with Crippen LogP contribution in [0.3, 0.4) is 0 Å². The fourth-order valence-corrected chi connectivity index (χ4v) is 4.83. The van der Waals surface area contributed by atoms with Crippen LogP contribution in [-0.2, 0) is 19.6 Å². The number of morpholine rings is 1. The molecule has 1 aliphatic heterocycles. The smallest absolute Gasteiger partial charge is 0.251 e. The van der Waals surface area contributed by atoms with Gasteiger partial charge in [0.05, 0.1) is 29.7 Å². The van der Waals surface area contributed by atoms with Crippen LogP contribution in [0.25, 0.3) is 0 Å². The maximum absolute atomic E-state index is 12.9. The molecule has 1 atom stereocenters. The first kappa shape index (κ1) is 24.4. The second-order valence-electron chi connectivity index (χ2n) is 7.92. The molecule has 0 unspecified atom stereocenters. The predicted molar refractivity (Wildman–Crippen MR) is 122 cm³/mol. The molecule has 9 nitrogen and oxygen atoms in total. The van der Waals surface area contributed by atoms with E-state index in [1.165, 1.54) is 34.6 Å². The number of ether oxygens (including phenoxy) is 1. The third-order valence-electron chi connectivity index (χ3n) is 5.20. The van der Waals surface area contributed by atoms with Crippen LogP contribution in [0.5, 0.6) is 0 Å². The van der Waals surface area contributed by atoms with Crippen LogP contribution in [0, 0.1) is 17.2 Å². The average molecular weight is 471 g/mol. The van der Waals surface area contributed by atoms with Crippen molar-refractivity contribution in [3.63, 3.8) is 0 Å². The van der Waals surface area contributed by atoms with Gasteiger partial charge in [-0.3, -0.25) is 9.59 Å². The maximum atomic E-state index is 12.9. The van der Waals surface area contributed by atoms with Gasteiger partial charge in [-0.1, -0.05) is 26.0 Å². The van der Waals surface area contributed by atoms with Crippen LogP contribution < -0.4 is 10.6 Å². The summed E-state index contributed by atoms with van der Waals surface area (Å²) in [5.41, 5.74) is 0.975. The summed E-state index contributed by atoms with van der Waals surface area (Å²) in [7, 11) is -3.76. The molecule has 1 saturated heterocycles. The summed E-state index contributed by atoms with van der Waals surface area (Å²) in [4.78, 5) is 25.7. The number of sulfonamides is 1. The normalized spacial score (nSPS) is 15.5. The summed E-state index contributed by atoms with van der Waals surface area (Å²) in [5.74, 6) is -1.24. The third kappa shape index (κ3) is 5.96. The molecule has 174 valence electrons. The van der Waals surface area contributed by atoms with Gasteiger partial charge in [-0.15, -0.1) is 0 Å². The second-order valence-corrected chi connectivity index (χ2v) is 9.86. The molecule has 3 rings (SSSR count). The molecule has 1 aliphatic rings. The monoisotopic (exact) mass is 470 g/mol. The number of carbonyl (C=O) groups is 2. The van der Waals surface area contributed by atoms with Crippen molar-refractivity contribution < 1.29 is 22.7 Å². The van der Waals surface area contributed by atoms with Gasteiger partial charge in [0, 0.05) is 24.3 Å². The van der Waals surface area contributed by atoms with Crippen LogP contribution in [0.1, 0.15) is 29.8 Å². The lowest BCUT2D eigenvalue weighted by atomic mass is 10.0. The van der Waals surface area contributed by atoms with E-state index in [0.29, 0.717) is 24.5 Å². The van der Waals surface area contributed by atoms with Crippen molar-refractivity contribution in [1.82, 2.24) is 9.62 Å². The molecule has 2 aromatic rings. The molecule has 0 aliphatic carbocycles. The van der Waals surface area contributed by atoms with Crippen molar-refractivity contribution in [1.29, 1.82) is 5.26 Å². The van der Waals surface area contributed by atoms with Gasteiger partial charge in [-0.25, -0.2) is 8.42 Å². The van der Waals surface area contributed by atoms with E-state index in [9.17, 15) is 18.0 Å². The van der Waals surface area contributed by atoms with Crippen LogP contribution >= 0.6 is 0 Å². The molecule has 33 heavy (non-hydrogen) atoms. The van der Waals surface area contributed by atoms with Gasteiger partial charge in [0.25, 0.3) is 5.91 Å². The summed E-state index contributed by atoms with van der Waals surface area (Å²) in [6.45, 7) is 4.72. The Hall–Kier alpha value is -3.26. The summed E-state index contributed by atoms with van der Waals surface area (Å²) in [6, 6.07) is 13.3. The van der Waals surface area contributed by atoms with E-state index in [4.69, 9.17) is 10.00 Å². The van der Waals surface area contributed by atoms with Gasteiger partial charge in [0.2, 0.25) is 15.9 Å². The molecule has 1 heterocycles. The number of rotatable bonds is 7. The minimum atomic E-state index is -3.76. The minimum Gasteiger partial charge on any atom is -0.379 e. The van der Waals surface area contributed by atoms with Crippen molar-refractivity contribution in [2.75, 3.05) is 31.6 Å². The van der Waals surface area contributed by atoms with Gasteiger partial charge >= 0.3 is 0 Å². The molecule has 0 spiro atoms. The highest BCUT2D eigenvalue weighted by molar-refractivity contribution is 7.89. The Morgan fingerprint density at radius 2 is 1.79 bits per heavy atom. The Bertz CT molecular complexity index is 1170. The zero-order valence-corrected chi connectivity index (χ0v) is 19.3. The minimum absolute atomic E-state index is 0.0101. The lowest BCUT2D eigenvalue weighted by molar-refractivity contribution is -0.118. The standard InChI is InChI=1S/C23H26N4O5S/c1-16(2)21(23(29)25-19-7-3-5-17(13-19)15-24)26-22(28)18-6-4-8-20(14-18)33(30,31)27-9-11-32-12-10-27/h3-8,13-14,16,21H,9-12H2,1-2H3,(H,25,29)(H,26,28)/t21-/m1/s1. The quantitative estimate of drug-likeness (QED) is 0.637. The van der Waals surface area contributed by atoms with Crippen molar-refractivity contribution >= 4 is 27.5 Å². The highest BCUT2D eigenvalue weighted by Crippen LogP contribution is 2.19. The van der Waals surface area contributed by atoms with E-state index in [1.54, 1.807) is 32.0 Å². The first-order valence-corrected chi connectivity index (χ1v) is 12.0. The molecule has 2 N–H and O–H groups in total. The van der Waals surface area contributed by atoms with Crippen molar-refractivity contribution in [2.45, 2.75) is 24.8 Å². The van der Waals surface area contributed by atoms with E-state index in [2.05, 4.69) is 10.6 Å². The van der Waals surface area contributed by atoms with E-state index < -0.39 is 27.9 Å². The van der Waals surface area contributed by atoms with Crippen LogP contribution in [0.15, 0.2) is 53.4 Å². The topological polar surface area (TPSA) is 129 Å². The zero-order valence-electron chi connectivity index (χ0n) is 18.4. The summed E-state index contributed by atoms with van der Waals surface area (Å²) >= 11 is 0. The number of amides is 2. The number of hydrogen-bond donors (Lipinski definition) is 2. The molecular weight excluding hydrogens is 444 g/mol. The number of benzene rings is 2. The first-order valence-electron chi connectivity index (χ1n) is 10.5. The van der Waals surface area contributed by atoms with E-state index in [1.807, 2.05) is 6.07 Å². The number of anilines is 1. The zero-order chi connectivity index (χ0) is 24.0. The van der Waals surface area contributed by atoms with Gasteiger partial charge in [-0.2, -0.15) is 9.57 Å². The molecule has 0 saturated carbocycles. The highest BCUT2D eigenvalue weighted by Gasteiger charge is 2.28. The highest BCUT2D eigenvalue weighted by atomic mass is 32.2. The maximum Gasteiger partial charge on any atom is 0.251 e. The Morgan fingerprint density at radius 3 is 2.45 bits per heavy atom. The number of hydrogen-bond acceptors (Lipinski definition) is 6. The van der Waals surface area contributed by atoms with Gasteiger partial charge in [0.1, 0.15) is 6.04 Å². The molecule has 0 aromatic heterocycles. The van der Waals surface area contributed by atoms with E-state index in [0.717, 1.165) is 0 Å².